The summed E-state index contributed by atoms with van der Waals surface area (Å²) >= 11 is 0. The first-order valence-electron chi connectivity index (χ1n) is 6.62. The second-order valence-electron chi connectivity index (χ2n) is 5.39. The van der Waals surface area contributed by atoms with Crippen LogP contribution in [0.15, 0.2) is 6.33 Å². The second-order valence-corrected chi connectivity index (χ2v) is 5.39. The minimum absolute atomic E-state index is 0.103. The fourth-order valence-corrected chi connectivity index (χ4v) is 2.60. The van der Waals surface area contributed by atoms with E-state index in [2.05, 4.69) is 20.3 Å². The van der Waals surface area contributed by atoms with Crippen LogP contribution in [0.3, 0.4) is 0 Å². The van der Waals surface area contributed by atoms with Gasteiger partial charge in [-0.05, 0) is 6.92 Å². The highest BCUT2D eigenvalue weighted by molar-refractivity contribution is 5.84. The summed E-state index contributed by atoms with van der Waals surface area (Å²) in [6.07, 6.45) is 0.407. The van der Waals surface area contributed by atoms with Crippen molar-refractivity contribution in [2.24, 2.45) is 0 Å². The summed E-state index contributed by atoms with van der Waals surface area (Å²) in [5.74, 6) is 0.611. The minimum atomic E-state index is -0.787. The molecule has 0 radical (unpaired) electrons. The maximum atomic E-state index is 10.2. The average molecular weight is 294 g/mol. The van der Waals surface area contributed by atoms with E-state index in [1.807, 2.05) is 0 Å². The Morgan fingerprint density at radius 2 is 2.33 bits per heavy atom. The van der Waals surface area contributed by atoms with Crippen LogP contribution in [0.1, 0.15) is 19.6 Å². The van der Waals surface area contributed by atoms with Crippen LogP contribution in [0.25, 0.3) is 11.2 Å². The van der Waals surface area contributed by atoms with E-state index in [9.17, 15) is 10.2 Å². The highest BCUT2D eigenvalue weighted by atomic mass is 16.6. The number of nitrogens with zero attached hydrogens (tertiary/aromatic N) is 4. The van der Waals surface area contributed by atoms with Crippen LogP contribution < -0.4 is 11.1 Å². The van der Waals surface area contributed by atoms with Gasteiger partial charge in [-0.25, -0.2) is 4.98 Å². The van der Waals surface area contributed by atoms with Gasteiger partial charge >= 0.3 is 0 Å². The first kappa shape index (κ1) is 14.0. The summed E-state index contributed by atoms with van der Waals surface area (Å²) in [4.78, 5) is 12.5. The van der Waals surface area contributed by atoms with E-state index in [0.29, 0.717) is 23.4 Å². The number of aliphatic hydroxyl groups excluding tert-OH is 2. The van der Waals surface area contributed by atoms with Gasteiger partial charge in [0.2, 0.25) is 5.95 Å². The predicted molar refractivity (Wildman–Crippen MR) is 75.5 cm³/mol. The lowest BCUT2D eigenvalue weighted by atomic mass is 10.0. The average Bonchev–Trinajstić information content (AvgIpc) is 2.99. The molecule has 114 valence electrons. The summed E-state index contributed by atoms with van der Waals surface area (Å²) in [5.41, 5.74) is 5.92. The number of rotatable bonds is 3. The first-order chi connectivity index (χ1) is 9.97. The molecule has 0 amide bonds. The van der Waals surface area contributed by atoms with Gasteiger partial charge in [0.15, 0.2) is 23.2 Å². The SMILES string of the molecule is CNc1nc(N)nc2c1ncn2[C@@H]1OC(C)(CO)CC1O. The van der Waals surface area contributed by atoms with Crippen molar-refractivity contribution in [2.45, 2.75) is 31.3 Å². The molecular formula is C12H18N6O3. The van der Waals surface area contributed by atoms with E-state index in [4.69, 9.17) is 10.5 Å². The molecule has 1 fully saturated rings. The Balaban J connectivity index is 2.08. The number of hydrogen-bond donors (Lipinski definition) is 4. The smallest absolute Gasteiger partial charge is 0.224 e. The van der Waals surface area contributed by atoms with E-state index in [-0.39, 0.29) is 12.6 Å². The number of hydrogen-bond acceptors (Lipinski definition) is 8. The molecule has 0 aliphatic carbocycles. The quantitative estimate of drug-likeness (QED) is 0.594. The van der Waals surface area contributed by atoms with Gasteiger partial charge in [-0.1, -0.05) is 0 Å². The van der Waals surface area contributed by atoms with Crippen LogP contribution >= 0.6 is 0 Å². The van der Waals surface area contributed by atoms with Gasteiger partial charge in [0.25, 0.3) is 0 Å². The molecule has 0 spiro atoms. The molecule has 3 heterocycles. The zero-order chi connectivity index (χ0) is 15.2. The number of imidazole rings is 1. The molecule has 3 atom stereocenters. The largest absolute Gasteiger partial charge is 0.393 e. The fraction of sp³-hybridized carbons (Fsp3) is 0.583. The topological polar surface area (TPSA) is 131 Å². The normalized spacial score (nSPS) is 29.1. The molecule has 2 unspecified atom stereocenters. The summed E-state index contributed by atoms with van der Waals surface area (Å²) in [6.45, 7) is 1.57. The monoisotopic (exact) mass is 294 g/mol. The zero-order valence-electron chi connectivity index (χ0n) is 11.8. The molecule has 9 nitrogen and oxygen atoms in total. The van der Waals surface area contributed by atoms with Crippen LogP contribution in [0.5, 0.6) is 0 Å². The fourth-order valence-electron chi connectivity index (χ4n) is 2.60. The van der Waals surface area contributed by atoms with Crippen molar-refractivity contribution in [2.75, 3.05) is 24.7 Å². The molecular weight excluding hydrogens is 276 g/mol. The van der Waals surface area contributed by atoms with E-state index in [1.165, 1.54) is 6.33 Å². The molecule has 5 N–H and O–H groups in total. The molecule has 2 aromatic rings. The molecule has 0 bridgehead atoms. The van der Waals surface area contributed by atoms with Crippen molar-refractivity contribution < 1.29 is 14.9 Å². The highest BCUT2D eigenvalue weighted by Crippen LogP contribution is 2.37. The Hall–Kier alpha value is -1.97. The maximum absolute atomic E-state index is 10.2. The third kappa shape index (κ3) is 2.19. The van der Waals surface area contributed by atoms with E-state index in [0.717, 1.165) is 0 Å². The van der Waals surface area contributed by atoms with Crippen LogP contribution in [0.4, 0.5) is 11.8 Å². The highest BCUT2D eigenvalue weighted by Gasteiger charge is 2.43. The number of nitrogens with one attached hydrogen (secondary N) is 1. The number of aromatic nitrogens is 4. The van der Waals surface area contributed by atoms with E-state index < -0.39 is 17.9 Å². The van der Waals surface area contributed by atoms with Gasteiger partial charge in [0.05, 0.1) is 18.5 Å². The lowest BCUT2D eigenvalue weighted by Gasteiger charge is -2.22. The van der Waals surface area contributed by atoms with Crippen molar-refractivity contribution in [3.63, 3.8) is 0 Å². The number of nitrogens with two attached hydrogens (primary N) is 1. The zero-order valence-corrected chi connectivity index (χ0v) is 11.8. The minimum Gasteiger partial charge on any atom is -0.393 e. The van der Waals surface area contributed by atoms with Gasteiger partial charge in [-0.2, -0.15) is 9.97 Å². The molecule has 2 aromatic heterocycles. The number of aliphatic hydroxyl groups is 2. The molecule has 1 aliphatic heterocycles. The third-order valence-corrected chi connectivity index (χ3v) is 3.66. The lowest BCUT2D eigenvalue weighted by molar-refractivity contribution is -0.0980. The number of anilines is 2. The molecule has 1 aliphatic rings. The first-order valence-corrected chi connectivity index (χ1v) is 6.62. The summed E-state index contributed by atoms with van der Waals surface area (Å²) in [7, 11) is 1.71. The second kappa shape index (κ2) is 4.79. The Morgan fingerprint density at radius 1 is 1.57 bits per heavy atom. The maximum Gasteiger partial charge on any atom is 0.224 e. The number of nitrogen functional groups attached to an aromatic ring is 1. The summed E-state index contributed by atoms with van der Waals surface area (Å²) < 4.78 is 7.39. The van der Waals surface area contributed by atoms with Crippen molar-refractivity contribution in [3.8, 4) is 0 Å². The Bertz CT molecular complexity index is 674. The third-order valence-electron chi connectivity index (χ3n) is 3.66. The van der Waals surface area contributed by atoms with E-state index in [1.54, 1.807) is 18.5 Å². The molecule has 3 rings (SSSR count). The van der Waals surface area contributed by atoms with Crippen molar-refractivity contribution in [1.29, 1.82) is 0 Å². The van der Waals surface area contributed by atoms with Gasteiger partial charge in [-0.15, -0.1) is 0 Å². The summed E-state index contributed by atoms with van der Waals surface area (Å²) in [6, 6.07) is 0. The van der Waals surface area contributed by atoms with Gasteiger partial charge in [-0.3, -0.25) is 4.57 Å². The van der Waals surface area contributed by atoms with Crippen molar-refractivity contribution >= 4 is 22.9 Å². The van der Waals surface area contributed by atoms with Crippen molar-refractivity contribution in [1.82, 2.24) is 19.5 Å². The van der Waals surface area contributed by atoms with Crippen LogP contribution in [-0.4, -0.2) is 55.1 Å². The van der Waals surface area contributed by atoms with Crippen LogP contribution in [-0.2, 0) is 4.74 Å². The number of fused-ring (bicyclic) bond motifs is 1. The van der Waals surface area contributed by atoms with E-state index >= 15 is 0 Å². The number of ether oxygens (including phenoxy) is 1. The molecule has 0 saturated carbocycles. The van der Waals surface area contributed by atoms with Crippen molar-refractivity contribution in [3.05, 3.63) is 6.33 Å². The Labute approximate surface area is 120 Å². The Morgan fingerprint density at radius 3 is 2.95 bits per heavy atom. The molecule has 1 saturated heterocycles. The van der Waals surface area contributed by atoms with Crippen LogP contribution in [0, 0.1) is 0 Å². The van der Waals surface area contributed by atoms with Crippen LogP contribution in [0.2, 0.25) is 0 Å². The Kier molecular flexibility index (Phi) is 3.19. The summed E-state index contributed by atoms with van der Waals surface area (Å²) in [5, 5.41) is 22.5. The lowest BCUT2D eigenvalue weighted by Crippen LogP contribution is -2.28. The predicted octanol–water partition coefficient (Wildman–Crippen LogP) is -0.519. The standard InChI is InChI=1S/C12H18N6O3/c1-12(4-19)3-6(20)10(21-12)18-5-15-7-8(14-2)16-11(13)17-9(7)18/h5-6,10,19-20H,3-4H2,1-2H3,(H3,13,14,16,17)/t6?,10-,12?/m1/s1. The molecule has 9 heteroatoms. The van der Waals surface area contributed by atoms with Gasteiger partial charge in [0, 0.05) is 13.5 Å². The molecule has 21 heavy (non-hydrogen) atoms. The van der Waals surface area contributed by atoms with Gasteiger partial charge < -0.3 is 26.0 Å². The van der Waals surface area contributed by atoms with Gasteiger partial charge in [0.1, 0.15) is 6.10 Å². The molecule has 0 aromatic carbocycles.